The Morgan fingerprint density at radius 3 is 2.50 bits per heavy atom. The smallest absolute Gasteiger partial charge is 0.320 e. The zero-order valence-corrected chi connectivity index (χ0v) is 16.0. The van der Waals surface area contributed by atoms with Crippen LogP contribution in [0.5, 0.6) is 0 Å². The molecule has 3 rings (SSSR count). The standard InChI is InChI=1S/C21H29N3O2/c1-4-23(5-2)21(26)24(18-8-6-7-9-18)14-17-13-16-12-15(3)10-11-19(16)22-20(17)25/h10-13,18H,4-9,14H2,1-3H3,(H,22,25). The Balaban J connectivity index is 1.95. The lowest BCUT2D eigenvalue weighted by Gasteiger charge is -2.33. The highest BCUT2D eigenvalue weighted by molar-refractivity contribution is 5.80. The molecule has 2 aromatic rings. The van der Waals surface area contributed by atoms with Crippen molar-refractivity contribution in [3.05, 3.63) is 45.7 Å². The number of aromatic amines is 1. The molecule has 1 fully saturated rings. The maximum atomic E-state index is 13.1. The van der Waals surface area contributed by atoms with Gasteiger partial charge in [0.25, 0.3) is 5.56 Å². The molecule has 5 heteroatoms. The largest absolute Gasteiger partial charge is 0.325 e. The fourth-order valence-electron chi connectivity index (χ4n) is 3.92. The molecule has 1 aromatic heterocycles. The average molecular weight is 355 g/mol. The summed E-state index contributed by atoms with van der Waals surface area (Å²) in [6.07, 6.45) is 4.36. The molecule has 0 unspecified atom stereocenters. The Morgan fingerprint density at radius 1 is 1.15 bits per heavy atom. The van der Waals surface area contributed by atoms with Gasteiger partial charge in [-0.25, -0.2) is 4.79 Å². The molecule has 1 saturated carbocycles. The van der Waals surface area contributed by atoms with Gasteiger partial charge in [-0.1, -0.05) is 24.5 Å². The van der Waals surface area contributed by atoms with Crippen molar-refractivity contribution < 1.29 is 4.79 Å². The van der Waals surface area contributed by atoms with Gasteiger partial charge < -0.3 is 14.8 Å². The molecule has 26 heavy (non-hydrogen) atoms. The summed E-state index contributed by atoms with van der Waals surface area (Å²) >= 11 is 0. The SMILES string of the molecule is CCN(CC)C(=O)N(Cc1cc2cc(C)ccc2[nH]c1=O)C1CCCC1. The van der Waals surface area contributed by atoms with Crippen molar-refractivity contribution in [2.24, 2.45) is 0 Å². The molecule has 1 heterocycles. The summed E-state index contributed by atoms with van der Waals surface area (Å²) in [5.74, 6) is 0. The molecular formula is C21H29N3O2. The van der Waals surface area contributed by atoms with Gasteiger partial charge in [0.1, 0.15) is 0 Å². The molecule has 0 spiro atoms. The second kappa shape index (κ2) is 7.94. The van der Waals surface area contributed by atoms with Crippen molar-refractivity contribution in [2.45, 2.75) is 59.0 Å². The number of hydrogen-bond donors (Lipinski definition) is 1. The first-order chi connectivity index (χ1) is 12.5. The summed E-state index contributed by atoms with van der Waals surface area (Å²) in [5, 5.41) is 1.02. The third kappa shape index (κ3) is 3.76. The first-order valence-electron chi connectivity index (χ1n) is 9.71. The number of H-pyrrole nitrogens is 1. The minimum absolute atomic E-state index is 0.0469. The predicted molar refractivity (Wildman–Crippen MR) is 105 cm³/mol. The summed E-state index contributed by atoms with van der Waals surface area (Å²) in [5.41, 5.74) is 2.56. The Morgan fingerprint density at radius 2 is 1.85 bits per heavy atom. The normalized spacial score (nSPS) is 14.7. The van der Waals surface area contributed by atoms with Crippen LogP contribution >= 0.6 is 0 Å². The molecule has 1 N–H and O–H groups in total. The molecule has 0 atom stereocenters. The van der Waals surface area contributed by atoms with Crippen LogP contribution in [-0.4, -0.2) is 39.9 Å². The average Bonchev–Trinajstić information content (AvgIpc) is 3.15. The molecule has 0 saturated heterocycles. The number of carbonyl (C=O) groups excluding carboxylic acids is 1. The van der Waals surface area contributed by atoms with E-state index in [1.165, 1.54) is 0 Å². The monoisotopic (exact) mass is 355 g/mol. The molecule has 2 amide bonds. The van der Waals surface area contributed by atoms with Crippen LogP contribution in [0.15, 0.2) is 29.1 Å². The molecule has 140 valence electrons. The number of nitrogens with one attached hydrogen (secondary N) is 1. The number of aryl methyl sites for hydroxylation is 1. The molecule has 1 aromatic carbocycles. The van der Waals surface area contributed by atoms with E-state index < -0.39 is 0 Å². The Labute approximate surface area is 155 Å². The van der Waals surface area contributed by atoms with Gasteiger partial charge in [-0.2, -0.15) is 0 Å². The van der Waals surface area contributed by atoms with E-state index in [9.17, 15) is 9.59 Å². The van der Waals surface area contributed by atoms with Gasteiger partial charge >= 0.3 is 6.03 Å². The van der Waals surface area contributed by atoms with Crippen molar-refractivity contribution >= 4 is 16.9 Å². The van der Waals surface area contributed by atoms with E-state index in [0.29, 0.717) is 25.2 Å². The van der Waals surface area contributed by atoms with Crippen LogP contribution in [0.1, 0.15) is 50.7 Å². The van der Waals surface area contributed by atoms with E-state index in [0.717, 1.165) is 42.1 Å². The summed E-state index contributed by atoms with van der Waals surface area (Å²) < 4.78 is 0. The maximum Gasteiger partial charge on any atom is 0.320 e. The van der Waals surface area contributed by atoms with Crippen LogP contribution in [-0.2, 0) is 6.54 Å². The van der Waals surface area contributed by atoms with Crippen molar-refractivity contribution in [1.82, 2.24) is 14.8 Å². The van der Waals surface area contributed by atoms with Crippen LogP contribution in [0.25, 0.3) is 10.9 Å². The van der Waals surface area contributed by atoms with E-state index in [2.05, 4.69) is 11.1 Å². The zero-order valence-electron chi connectivity index (χ0n) is 16.0. The maximum absolute atomic E-state index is 13.1. The lowest BCUT2D eigenvalue weighted by atomic mass is 10.1. The Kier molecular flexibility index (Phi) is 5.64. The van der Waals surface area contributed by atoms with Crippen LogP contribution < -0.4 is 5.56 Å². The van der Waals surface area contributed by atoms with Crippen LogP contribution in [0.3, 0.4) is 0 Å². The number of amides is 2. The first-order valence-corrected chi connectivity index (χ1v) is 9.71. The highest BCUT2D eigenvalue weighted by Crippen LogP contribution is 2.26. The zero-order chi connectivity index (χ0) is 18.7. The molecule has 0 bridgehead atoms. The number of aromatic nitrogens is 1. The van der Waals surface area contributed by atoms with Crippen molar-refractivity contribution in [2.75, 3.05) is 13.1 Å². The lowest BCUT2D eigenvalue weighted by Crippen LogP contribution is -2.47. The van der Waals surface area contributed by atoms with Gasteiger partial charge in [0, 0.05) is 30.2 Å². The Bertz CT molecular complexity index is 833. The van der Waals surface area contributed by atoms with Gasteiger partial charge in [0.05, 0.1) is 6.54 Å². The van der Waals surface area contributed by atoms with Crippen LogP contribution in [0.2, 0.25) is 0 Å². The van der Waals surface area contributed by atoms with Gasteiger partial charge in [0.15, 0.2) is 0 Å². The number of pyridine rings is 1. The second-order valence-electron chi connectivity index (χ2n) is 7.24. The van der Waals surface area contributed by atoms with Crippen LogP contribution in [0, 0.1) is 6.92 Å². The van der Waals surface area contributed by atoms with E-state index in [-0.39, 0.29) is 17.6 Å². The molecule has 0 radical (unpaired) electrons. The fourth-order valence-corrected chi connectivity index (χ4v) is 3.92. The minimum Gasteiger partial charge on any atom is -0.325 e. The number of urea groups is 1. The van der Waals surface area contributed by atoms with Gasteiger partial charge in [-0.05, 0) is 57.2 Å². The highest BCUT2D eigenvalue weighted by Gasteiger charge is 2.29. The highest BCUT2D eigenvalue weighted by atomic mass is 16.2. The molecule has 5 nitrogen and oxygen atoms in total. The van der Waals surface area contributed by atoms with E-state index in [1.54, 1.807) is 0 Å². The third-order valence-electron chi connectivity index (χ3n) is 5.46. The number of rotatable bonds is 5. The summed E-state index contributed by atoms with van der Waals surface area (Å²) in [6.45, 7) is 7.79. The summed E-state index contributed by atoms with van der Waals surface area (Å²) in [6, 6.07) is 8.22. The van der Waals surface area contributed by atoms with Gasteiger partial charge in [-0.15, -0.1) is 0 Å². The minimum atomic E-state index is -0.100. The number of fused-ring (bicyclic) bond motifs is 1. The molecule has 0 aliphatic heterocycles. The number of hydrogen-bond acceptors (Lipinski definition) is 2. The molecule has 1 aliphatic rings. The topological polar surface area (TPSA) is 56.4 Å². The number of carbonyl (C=O) groups is 1. The van der Waals surface area contributed by atoms with E-state index in [4.69, 9.17) is 0 Å². The van der Waals surface area contributed by atoms with Crippen LogP contribution in [0.4, 0.5) is 4.79 Å². The van der Waals surface area contributed by atoms with E-state index in [1.807, 2.05) is 48.8 Å². The number of nitrogens with zero attached hydrogens (tertiary/aromatic N) is 2. The van der Waals surface area contributed by atoms with Gasteiger partial charge in [-0.3, -0.25) is 4.79 Å². The lowest BCUT2D eigenvalue weighted by molar-refractivity contribution is 0.133. The molecular weight excluding hydrogens is 326 g/mol. The third-order valence-corrected chi connectivity index (χ3v) is 5.46. The molecule has 1 aliphatic carbocycles. The quantitative estimate of drug-likeness (QED) is 0.880. The first kappa shape index (κ1) is 18.5. The van der Waals surface area contributed by atoms with Crippen molar-refractivity contribution in [3.8, 4) is 0 Å². The van der Waals surface area contributed by atoms with Gasteiger partial charge in [0.2, 0.25) is 0 Å². The summed E-state index contributed by atoms with van der Waals surface area (Å²) in [4.78, 5) is 32.4. The number of benzene rings is 1. The summed E-state index contributed by atoms with van der Waals surface area (Å²) in [7, 11) is 0. The van der Waals surface area contributed by atoms with Crippen molar-refractivity contribution in [1.29, 1.82) is 0 Å². The van der Waals surface area contributed by atoms with E-state index >= 15 is 0 Å². The Hall–Kier alpha value is -2.30. The predicted octanol–water partition coefficient (Wildman–Crippen LogP) is 4.04. The fraction of sp³-hybridized carbons (Fsp3) is 0.524. The van der Waals surface area contributed by atoms with Crippen molar-refractivity contribution in [3.63, 3.8) is 0 Å². The second-order valence-corrected chi connectivity index (χ2v) is 7.24.